The van der Waals surface area contributed by atoms with Crippen molar-refractivity contribution in [3.8, 4) is 17.2 Å². The maximum Gasteiger partial charge on any atom is 0.301 e. The van der Waals surface area contributed by atoms with Crippen LogP contribution in [0, 0.1) is 0 Å². The first-order chi connectivity index (χ1) is 18.0. The number of aliphatic hydroxyl groups is 1. The molecule has 2 aliphatic rings. The van der Waals surface area contributed by atoms with Gasteiger partial charge in [-0.15, -0.1) is 0 Å². The zero-order valence-corrected chi connectivity index (χ0v) is 20.5. The number of ether oxygens (including phenoxy) is 3. The minimum Gasteiger partial charge on any atom is -0.507 e. The Hall–Kier alpha value is -4.44. The average Bonchev–Trinajstić information content (AvgIpc) is 3.46. The van der Waals surface area contributed by atoms with Gasteiger partial charge in [-0.25, -0.2) is 4.98 Å². The van der Waals surface area contributed by atoms with Crippen molar-refractivity contribution >= 4 is 44.1 Å². The Morgan fingerprint density at radius 2 is 1.97 bits per heavy atom. The van der Waals surface area contributed by atoms with Crippen molar-refractivity contribution in [3.05, 3.63) is 77.6 Å². The molecule has 1 atom stereocenters. The lowest BCUT2D eigenvalue weighted by atomic mass is 9.96. The Kier molecular flexibility index (Phi) is 5.72. The van der Waals surface area contributed by atoms with Gasteiger partial charge in [0.2, 0.25) is 0 Å². The smallest absolute Gasteiger partial charge is 0.301 e. The highest BCUT2D eigenvalue weighted by Crippen LogP contribution is 2.45. The third-order valence-electron chi connectivity index (χ3n) is 6.13. The van der Waals surface area contributed by atoms with Crippen LogP contribution in [-0.4, -0.2) is 46.6 Å². The minimum absolute atomic E-state index is 0.0519. The van der Waals surface area contributed by atoms with E-state index in [1.54, 1.807) is 42.7 Å². The van der Waals surface area contributed by atoms with Crippen molar-refractivity contribution in [3.63, 3.8) is 0 Å². The molecule has 9 nitrogen and oxygen atoms in total. The quantitative estimate of drug-likeness (QED) is 0.235. The Morgan fingerprint density at radius 3 is 2.76 bits per heavy atom. The summed E-state index contributed by atoms with van der Waals surface area (Å²) in [6, 6.07) is 12.9. The summed E-state index contributed by atoms with van der Waals surface area (Å²) in [7, 11) is 0. The van der Waals surface area contributed by atoms with Crippen LogP contribution in [0.25, 0.3) is 16.0 Å². The van der Waals surface area contributed by atoms with Crippen molar-refractivity contribution in [2.24, 2.45) is 0 Å². The molecule has 2 aliphatic heterocycles. The first-order valence-electron chi connectivity index (χ1n) is 11.7. The van der Waals surface area contributed by atoms with E-state index in [4.69, 9.17) is 14.2 Å². The van der Waals surface area contributed by atoms with Gasteiger partial charge < -0.3 is 19.3 Å². The molecule has 0 spiro atoms. The number of pyridine rings is 1. The first-order valence-corrected chi connectivity index (χ1v) is 12.5. The zero-order valence-electron chi connectivity index (χ0n) is 19.7. The van der Waals surface area contributed by atoms with Crippen molar-refractivity contribution in [1.29, 1.82) is 0 Å². The van der Waals surface area contributed by atoms with E-state index in [2.05, 4.69) is 9.97 Å². The van der Waals surface area contributed by atoms with Crippen LogP contribution in [0.4, 0.5) is 5.13 Å². The van der Waals surface area contributed by atoms with E-state index in [1.807, 2.05) is 25.1 Å². The second-order valence-electron chi connectivity index (χ2n) is 8.37. The molecule has 4 aromatic rings. The summed E-state index contributed by atoms with van der Waals surface area (Å²) in [4.78, 5) is 37.0. The van der Waals surface area contributed by atoms with Crippen molar-refractivity contribution < 1.29 is 28.9 Å². The lowest BCUT2D eigenvalue weighted by Gasteiger charge is -2.23. The van der Waals surface area contributed by atoms with Crippen LogP contribution in [0.15, 0.2) is 66.5 Å². The largest absolute Gasteiger partial charge is 0.507 e. The number of nitrogens with zero attached hydrogens (tertiary/aromatic N) is 3. The molecule has 0 saturated carbocycles. The fourth-order valence-corrected chi connectivity index (χ4v) is 5.50. The first kappa shape index (κ1) is 23.0. The lowest BCUT2D eigenvalue weighted by Crippen LogP contribution is -2.29. The maximum atomic E-state index is 13.4. The number of carbonyl (C=O) groups excluding carboxylic acids is 2. The Labute approximate surface area is 215 Å². The summed E-state index contributed by atoms with van der Waals surface area (Å²) in [6.45, 7) is 3.22. The van der Waals surface area contributed by atoms with Crippen LogP contribution >= 0.6 is 11.3 Å². The molecule has 1 fully saturated rings. The molecule has 1 amide bonds. The van der Waals surface area contributed by atoms with Crippen LogP contribution in [0.2, 0.25) is 0 Å². The van der Waals surface area contributed by atoms with Gasteiger partial charge in [0.25, 0.3) is 5.78 Å². The van der Waals surface area contributed by atoms with Crippen molar-refractivity contribution in [2.75, 3.05) is 24.7 Å². The summed E-state index contributed by atoms with van der Waals surface area (Å²) in [6.07, 6.45) is 3.17. The molecule has 0 radical (unpaired) electrons. The lowest BCUT2D eigenvalue weighted by molar-refractivity contribution is -0.132. The standard InChI is InChI=1S/C27H21N3O6S/c1-2-34-17-6-7-18-21(13-17)37-27(29-18)30-23(16-4-3-9-28-14-16)22(25(32)26(30)33)24(31)15-5-8-19-20(12-15)36-11-10-35-19/h3-9,12-14,23,31H,2,10-11H2,1H3. The number of hydrogen-bond donors (Lipinski definition) is 1. The Bertz CT molecular complexity index is 1570. The van der Waals surface area contributed by atoms with Crippen molar-refractivity contribution in [1.82, 2.24) is 9.97 Å². The summed E-state index contributed by atoms with van der Waals surface area (Å²) in [5.74, 6) is -0.208. The molecule has 0 aliphatic carbocycles. The van der Waals surface area contributed by atoms with Gasteiger partial charge in [-0.2, -0.15) is 0 Å². The normalized spacial score (nSPS) is 18.4. The number of rotatable bonds is 5. The van der Waals surface area contributed by atoms with Gasteiger partial charge >= 0.3 is 5.91 Å². The molecule has 1 N–H and O–H groups in total. The van der Waals surface area contributed by atoms with Crippen LogP contribution < -0.4 is 19.1 Å². The van der Waals surface area contributed by atoms with Crippen LogP contribution in [0.1, 0.15) is 24.1 Å². The summed E-state index contributed by atoms with van der Waals surface area (Å²) in [5, 5.41) is 11.7. The number of Topliss-reactive ketones (excluding diaryl/α,β-unsaturated/α-hetero) is 1. The summed E-state index contributed by atoms with van der Waals surface area (Å²) < 4.78 is 17.6. The second kappa shape index (κ2) is 9.21. The second-order valence-corrected chi connectivity index (χ2v) is 9.38. The van der Waals surface area contributed by atoms with Crippen LogP contribution in [0.5, 0.6) is 17.2 Å². The highest BCUT2D eigenvalue weighted by Gasteiger charge is 2.48. The van der Waals surface area contributed by atoms with Crippen molar-refractivity contribution in [2.45, 2.75) is 13.0 Å². The van der Waals surface area contributed by atoms with Gasteiger partial charge in [-0.05, 0) is 55.0 Å². The molecule has 186 valence electrons. The van der Waals surface area contributed by atoms with E-state index >= 15 is 0 Å². The number of carbonyl (C=O) groups is 2. The van der Waals surface area contributed by atoms with E-state index in [9.17, 15) is 14.7 Å². The number of ketones is 1. The molecular formula is C27H21N3O6S. The summed E-state index contributed by atoms with van der Waals surface area (Å²) in [5.41, 5.74) is 1.52. The minimum atomic E-state index is -0.922. The molecule has 37 heavy (non-hydrogen) atoms. The molecule has 1 unspecified atom stereocenters. The van der Waals surface area contributed by atoms with Crippen LogP contribution in [-0.2, 0) is 9.59 Å². The van der Waals surface area contributed by atoms with Gasteiger partial charge in [0, 0.05) is 18.0 Å². The number of benzene rings is 2. The molecular weight excluding hydrogens is 494 g/mol. The summed E-state index contributed by atoms with van der Waals surface area (Å²) >= 11 is 1.27. The zero-order chi connectivity index (χ0) is 25.5. The fourth-order valence-electron chi connectivity index (χ4n) is 4.48. The number of fused-ring (bicyclic) bond motifs is 2. The predicted octanol–water partition coefficient (Wildman–Crippen LogP) is 4.49. The number of aromatic nitrogens is 2. The number of aliphatic hydroxyl groups excluding tert-OH is 1. The SMILES string of the molecule is CCOc1ccc2nc(N3C(=O)C(=O)C(=C(O)c4ccc5c(c4)OCCO5)C3c3cccnc3)sc2c1. The monoisotopic (exact) mass is 515 g/mol. The Morgan fingerprint density at radius 1 is 1.14 bits per heavy atom. The van der Waals surface area contributed by atoms with E-state index in [1.165, 1.54) is 16.2 Å². The molecule has 10 heteroatoms. The number of hydrogen-bond acceptors (Lipinski definition) is 9. The van der Waals surface area contributed by atoms with Gasteiger partial charge in [0.1, 0.15) is 24.7 Å². The molecule has 0 bridgehead atoms. The highest BCUT2D eigenvalue weighted by molar-refractivity contribution is 7.22. The molecule has 6 rings (SSSR count). The van der Waals surface area contributed by atoms with E-state index in [0.29, 0.717) is 58.8 Å². The van der Waals surface area contributed by atoms with E-state index < -0.39 is 17.7 Å². The number of amides is 1. The number of thiazole rings is 1. The van der Waals surface area contributed by atoms with E-state index in [0.717, 1.165) is 4.70 Å². The van der Waals surface area contributed by atoms with Gasteiger partial charge in [0.05, 0.1) is 28.4 Å². The maximum absolute atomic E-state index is 13.4. The predicted molar refractivity (Wildman–Crippen MR) is 137 cm³/mol. The third kappa shape index (κ3) is 3.95. The molecule has 2 aromatic heterocycles. The third-order valence-corrected chi connectivity index (χ3v) is 7.14. The molecule has 2 aromatic carbocycles. The number of anilines is 1. The fraction of sp³-hybridized carbons (Fsp3) is 0.185. The van der Waals surface area contributed by atoms with Gasteiger partial charge in [-0.3, -0.25) is 19.5 Å². The Balaban J connectivity index is 1.50. The topological polar surface area (TPSA) is 111 Å². The van der Waals surface area contributed by atoms with Crippen LogP contribution in [0.3, 0.4) is 0 Å². The molecule has 4 heterocycles. The highest BCUT2D eigenvalue weighted by atomic mass is 32.1. The van der Waals surface area contributed by atoms with Gasteiger partial charge in [0.15, 0.2) is 16.6 Å². The van der Waals surface area contributed by atoms with Gasteiger partial charge in [-0.1, -0.05) is 17.4 Å². The van der Waals surface area contributed by atoms with E-state index in [-0.39, 0.29) is 11.3 Å². The molecule has 1 saturated heterocycles. The average molecular weight is 516 g/mol.